The van der Waals surface area contributed by atoms with Gasteiger partial charge in [-0.15, -0.1) is 0 Å². The Bertz CT molecular complexity index is 1170. The maximum Gasteiger partial charge on any atom is 0.250 e. The first-order valence-electron chi connectivity index (χ1n) is 11.0. The van der Waals surface area contributed by atoms with Crippen LogP contribution in [0.2, 0.25) is 0 Å². The molecule has 0 saturated carbocycles. The van der Waals surface area contributed by atoms with Gasteiger partial charge in [0.05, 0.1) is 17.5 Å². The summed E-state index contributed by atoms with van der Waals surface area (Å²) in [5.41, 5.74) is 4.33. The van der Waals surface area contributed by atoms with E-state index < -0.39 is 17.4 Å². The first kappa shape index (κ1) is 18.8. The van der Waals surface area contributed by atoms with Crippen LogP contribution < -0.4 is 10.2 Å². The summed E-state index contributed by atoms with van der Waals surface area (Å²) in [6.07, 6.45) is 1.76. The van der Waals surface area contributed by atoms with Crippen LogP contribution in [0, 0.1) is 32.6 Å². The summed E-state index contributed by atoms with van der Waals surface area (Å²) in [6, 6.07) is 11.4. The smallest absolute Gasteiger partial charge is 0.250 e. The second kappa shape index (κ2) is 6.04. The average Bonchev–Trinajstić information content (AvgIpc) is 3.45. The first-order valence-corrected chi connectivity index (χ1v) is 11.0. The van der Waals surface area contributed by atoms with Crippen molar-refractivity contribution >= 4 is 29.1 Å². The van der Waals surface area contributed by atoms with Gasteiger partial charge in [-0.25, -0.2) is 4.90 Å². The van der Waals surface area contributed by atoms with Crippen LogP contribution in [0.5, 0.6) is 0 Å². The van der Waals surface area contributed by atoms with E-state index in [-0.39, 0.29) is 23.8 Å². The van der Waals surface area contributed by atoms with E-state index in [1.54, 1.807) is 0 Å². The van der Waals surface area contributed by atoms with Gasteiger partial charge in [-0.3, -0.25) is 19.3 Å². The molecule has 0 bridgehead atoms. The number of aryl methyl sites for hydroxylation is 2. The highest BCUT2D eigenvalue weighted by molar-refractivity contribution is 6.26. The Kier molecular flexibility index (Phi) is 3.65. The normalized spacial score (nSPS) is 31.4. The van der Waals surface area contributed by atoms with Crippen molar-refractivity contribution in [1.29, 1.82) is 0 Å². The number of nitrogens with one attached hydrogen (secondary N) is 1. The zero-order valence-electron chi connectivity index (χ0n) is 17.9. The number of hydrogen-bond donors (Lipinski definition) is 1. The molecule has 3 amide bonds. The predicted molar refractivity (Wildman–Crippen MR) is 117 cm³/mol. The maximum atomic E-state index is 13.9. The number of hydrogen-bond acceptors (Lipinski definition) is 4. The lowest BCUT2D eigenvalue weighted by atomic mass is 9.75. The molecule has 31 heavy (non-hydrogen) atoms. The lowest BCUT2D eigenvalue weighted by molar-refractivity contribution is -0.135. The molecule has 2 aromatic rings. The van der Waals surface area contributed by atoms with Gasteiger partial charge in [0.25, 0.3) is 0 Å². The molecule has 1 N–H and O–H groups in total. The standard InChI is InChI=1S/C25H25N3O3/c1-13-6-9-16(10-7-13)28-22(29)19-18-5-4-12-27(18)25(20(19)23(28)30)17-11-8-14(2)15(3)21(17)26-24(25)31/h6-11,18-20H,4-5,12H2,1-3H3,(H,26,31). The van der Waals surface area contributed by atoms with Crippen molar-refractivity contribution in [2.75, 3.05) is 16.8 Å². The van der Waals surface area contributed by atoms with Crippen molar-refractivity contribution in [3.05, 3.63) is 58.7 Å². The number of carbonyl (C=O) groups is 3. The topological polar surface area (TPSA) is 69.7 Å². The van der Waals surface area contributed by atoms with E-state index in [4.69, 9.17) is 0 Å². The fourth-order valence-corrected chi connectivity index (χ4v) is 6.47. The first-order chi connectivity index (χ1) is 14.9. The number of imide groups is 1. The van der Waals surface area contributed by atoms with Crippen LogP contribution in [0.4, 0.5) is 11.4 Å². The number of fused-ring (bicyclic) bond motifs is 7. The van der Waals surface area contributed by atoms with E-state index in [0.29, 0.717) is 5.69 Å². The molecule has 4 heterocycles. The molecule has 6 heteroatoms. The Morgan fingerprint density at radius 1 is 0.968 bits per heavy atom. The van der Waals surface area contributed by atoms with E-state index in [9.17, 15) is 14.4 Å². The highest BCUT2D eigenvalue weighted by atomic mass is 16.2. The minimum atomic E-state index is -1.11. The zero-order valence-corrected chi connectivity index (χ0v) is 17.9. The lowest BCUT2D eigenvalue weighted by Gasteiger charge is -2.36. The third-order valence-corrected chi connectivity index (χ3v) is 7.99. The van der Waals surface area contributed by atoms with E-state index in [1.165, 1.54) is 4.90 Å². The fraction of sp³-hybridized carbons (Fsp3) is 0.400. The van der Waals surface area contributed by atoms with Crippen molar-refractivity contribution in [1.82, 2.24) is 4.90 Å². The minimum absolute atomic E-state index is 0.0878. The molecule has 4 atom stereocenters. The van der Waals surface area contributed by atoms with E-state index in [2.05, 4.69) is 10.2 Å². The highest BCUT2D eigenvalue weighted by Crippen LogP contribution is 2.61. The molecule has 4 unspecified atom stereocenters. The Hall–Kier alpha value is -2.99. The van der Waals surface area contributed by atoms with Crippen molar-refractivity contribution < 1.29 is 14.4 Å². The van der Waals surface area contributed by atoms with Crippen LogP contribution in [-0.4, -0.2) is 35.2 Å². The third kappa shape index (κ3) is 2.09. The summed E-state index contributed by atoms with van der Waals surface area (Å²) < 4.78 is 0. The molecule has 0 radical (unpaired) electrons. The van der Waals surface area contributed by atoms with E-state index >= 15 is 0 Å². The van der Waals surface area contributed by atoms with E-state index in [1.807, 2.05) is 57.2 Å². The second-order valence-corrected chi connectivity index (χ2v) is 9.40. The van der Waals surface area contributed by atoms with Crippen molar-refractivity contribution in [2.45, 2.75) is 45.2 Å². The van der Waals surface area contributed by atoms with E-state index in [0.717, 1.165) is 47.3 Å². The van der Waals surface area contributed by atoms with Crippen molar-refractivity contribution in [2.24, 2.45) is 11.8 Å². The van der Waals surface area contributed by atoms with Crippen LogP contribution in [0.3, 0.4) is 0 Å². The Balaban J connectivity index is 1.56. The average molecular weight is 415 g/mol. The summed E-state index contributed by atoms with van der Waals surface area (Å²) in [4.78, 5) is 44.7. The number of nitrogens with zero attached hydrogens (tertiary/aromatic N) is 2. The summed E-state index contributed by atoms with van der Waals surface area (Å²) in [5.74, 6) is -1.78. The molecule has 2 aromatic carbocycles. The van der Waals surface area contributed by atoms with Gasteiger partial charge in [-0.1, -0.05) is 29.8 Å². The Labute approximate surface area is 181 Å². The quantitative estimate of drug-likeness (QED) is 0.727. The highest BCUT2D eigenvalue weighted by Gasteiger charge is 2.74. The third-order valence-electron chi connectivity index (χ3n) is 7.99. The van der Waals surface area contributed by atoms with Gasteiger partial charge < -0.3 is 5.32 Å². The molecule has 4 aliphatic heterocycles. The van der Waals surface area contributed by atoms with Crippen LogP contribution in [0.25, 0.3) is 0 Å². The molecule has 4 aliphatic rings. The number of anilines is 2. The van der Waals surface area contributed by atoms with Gasteiger partial charge >= 0.3 is 0 Å². The number of rotatable bonds is 1. The maximum absolute atomic E-state index is 13.9. The largest absolute Gasteiger partial charge is 0.324 e. The Morgan fingerprint density at radius 3 is 2.45 bits per heavy atom. The molecule has 1 spiro atoms. The molecule has 6 nitrogen and oxygen atoms in total. The number of amides is 3. The molecule has 3 saturated heterocycles. The molecule has 158 valence electrons. The van der Waals surface area contributed by atoms with Gasteiger partial charge in [0.15, 0.2) is 0 Å². The summed E-state index contributed by atoms with van der Waals surface area (Å²) in [6.45, 7) is 6.72. The van der Waals surface area contributed by atoms with Crippen LogP contribution >= 0.6 is 0 Å². The van der Waals surface area contributed by atoms with Crippen LogP contribution in [0.1, 0.15) is 35.1 Å². The summed E-state index contributed by atoms with van der Waals surface area (Å²) >= 11 is 0. The van der Waals surface area contributed by atoms with Crippen molar-refractivity contribution in [3.63, 3.8) is 0 Å². The lowest BCUT2D eigenvalue weighted by Crippen LogP contribution is -2.54. The fourth-order valence-electron chi connectivity index (χ4n) is 6.47. The number of carbonyl (C=O) groups excluding carboxylic acids is 3. The number of benzene rings is 2. The molecular weight excluding hydrogens is 390 g/mol. The van der Waals surface area contributed by atoms with Crippen LogP contribution in [0.15, 0.2) is 36.4 Å². The van der Waals surface area contributed by atoms with Crippen molar-refractivity contribution in [3.8, 4) is 0 Å². The molecular formula is C25H25N3O3. The molecule has 3 fully saturated rings. The monoisotopic (exact) mass is 415 g/mol. The van der Waals surface area contributed by atoms with Crippen LogP contribution in [-0.2, 0) is 19.9 Å². The zero-order chi connectivity index (χ0) is 21.7. The SMILES string of the molecule is Cc1ccc(N2C(=O)C3C4CCCN4C4(C(=O)Nc5c4ccc(C)c5C)C3C2=O)cc1. The van der Waals surface area contributed by atoms with Gasteiger partial charge in [-0.2, -0.15) is 0 Å². The van der Waals surface area contributed by atoms with Gasteiger partial charge in [-0.05, 0) is 63.4 Å². The van der Waals surface area contributed by atoms with Gasteiger partial charge in [0.2, 0.25) is 17.7 Å². The van der Waals surface area contributed by atoms with Gasteiger partial charge in [0, 0.05) is 17.3 Å². The Morgan fingerprint density at radius 2 is 1.71 bits per heavy atom. The molecule has 0 aromatic heterocycles. The molecule has 0 aliphatic carbocycles. The second-order valence-electron chi connectivity index (χ2n) is 9.40. The predicted octanol–water partition coefficient (Wildman–Crippen LogP) is 3.04. The summed E-state index contributed by atoms with van der Waals surface area (Å²) in [7, 11) is 0. The molecule has 6 rings (SSSR count). The summed E-state index contributed by atoms with van der Waals surface area (Å²) in [5, 5.41) is 3.10. The minimum Gasteiger partial charge on any atom is -0.324 e. The van der Waals surface area contributed by atoms with Gasteiger partial charge in [0.1, 0.15) is 5.54 Å².